The third kappa shape index (κ3) is 1.90. The van der Waals surface area contributed by atoms with Crippen LogP contribution in [0.3, 0.4) is 0 Å². The molecule has 0 fully saturated rings. The van der Waals surface area contributed by atoms with Gasteiger partial charge in [-0.05, 0) is 17.5 Å². The average molecular weight is 238 g/mol. The number of benzene rings is 1. The zero-order valence-electron chi connectivity index (χ0n) is 9.51. The van der Waals surface area contributed by atoms with Crippen LogP contribution in [0.2, 0.25) is 5.02 Å². The third-order valence-corrected chi connectivity index (χ3v) is 2.77. The van der Waals surface area contributed by atoms with Gasteiger partial charge in [0.15, 0.2) is 0 Å². The molecule has 3 heteroatoms. The zero-order chi connectivity index (χ0) is 11.9. The molecule has 1 heterocycles. The van der Waals surface area contributed by atoms with Gasteiger partial charge in [-0.15, -0.1) is 0 Å². The second-order valence-corrected chi connectivity index (χ2v) is 5.33. The summed E-state index contributed by atoms with van der Waals surface area (Å²) in [6, 6.07) is 5.35. The quantitative estimate of drug-likeness (QED) is 0.665. The van der Waals surface area contributed by atoms with E-state index in [-0.39, 0.29) is 11.2 Å². The number of pyridine rings is 1. The molecule has 0 atom stereocenters. The number of halogens is 2. The van der Waals surface area contributed by atoms with Crippen LogP contribution < -0.4 is 0 Å². The van der Waals surface area contributed by atoms with E-state index in [1.165, 1.54) is 6.20 Å². The Labute approximate surface area is 99.3 Å². The first kappa shape index (κ1) is 11.3. The molecule has 0 amide bonds. The molecular weight excluding hydrogens is 225 g/mol. The van der Waals surface area contributed by atoms with Crippen molar-refractivity contribution in [3.8, 4) is 0 Å². The van der Waals surface area contributed by atoms with E-state index in [1.54, 1.807) is 12.1 Å². The first-order chi connectivity index (χ1) is 7.39. The van der Waals surface area contributed by atoms with Crippen LogP contribution in [0, 0.1) is 5.82 Å². The number of hydrogen-bond donors (Lipinski definition) is 0. The number of aromatic nitrogens is 1. The molecule has 0 unspecified atom stereocenters. The molecule has 2 aromatic rings. The smallest absolute Gasteiger partial charge is 0.145 e. The Bertz CT molecular complexity index is 543. The molecule has 1 aromatic heterocycles. The van der Waals surface area contributed by atoms with Gasteiger partial charge >= 0.3 is 0 Å². The highest BCUT2D eigenvalue weighted by Crippen LogP contribution is 2.32. The van der Waals surface area contributed by atoms with Gasteiger partial charge in [0.25, 0.3) is 0 Å². The van der Waals surface area contributed by atoms with Gasteiger partial charge in [-0.3, -0.25) is 4.98 Å². The van der Waals surface area contributed by atoms with Gasteiger partial charge in [0.05, 0.1) is 11.7 Å². The molecule has 0 aliphatic heterocycles. The van der Waals surface area contributed by atoms with Gasteiger partial charge in [0.1, 0.15) is 5.82 Å². The van der Waals surface area contributed by atoms with E-state index in [0.717, 1.165) is 10.9 Å². The minimum Gasteiger partial charge on any atom is -0.253 e. The molecule has 0 N–H and O–H groups in total. The number of rotatable bonds is 0. The normalized spacial score (nSPS) is 12.1. The first-order valence-corrected chi connectivity index (χ1v) is 5.51. The SMILES string of the molecule is CC(C)(C)c1c(F)cnc2cc(Cl)ccc12. The van der Waals surface area contributed by atoms with Gasteiger partial charge in [0.2, 0.25) is 0 Å². The highest BCUT2D eigenvalue weighted by molar-refractivity contribution is 6.31. The minimum absolute atomic E-state index is 0.251. The van der Waals surface area contributed by atoms with Crippen LogP contribution in [-0.4, -0.2) is 4.98 Å². The average Bonchev–Trinajstić information content (AvgIpc) is 2.16. The molecule has 0 saturated carbocycles. The fraction of sp³-hybridized carbons (Fsp3) is 0.308. The predicted molar refractivity (Wildman–Crippen MR) is 65.4 cm³/mol. The van der Waals surface area contributed by atoms with Gasteiger partial charge in [-0.1, -0.05) is 38.4 Å². The van der Waals surface area contributed by atoms with Crippen molar-refractivity contribution in [2.45, 2.75) is 26.2 Å². The van der Waals surface area contributed by atoms with Gasteiger partial charge in [-0.25, -0.2) is 4.39 Å². The minimum atomic E-state index is -0.262. The van der Waals surface area contributed by atoms with Crippen LogP contribution in [0.25, 0.3) is 10.9 Å². The molecule has 0 aliphatic rings. The van der Waals surface area contributed by atoms with Crippen molar-refractivity contribution in [3.05, 3.63) is 40.8 Å². The summed E-state index contributed by atoms with van der Waals surface area (Å²) in [4.78, 5) is 4.06. The number of fused-ring (bicyclic) bond motifs is 1. The lowest BCUT2D eigenvalue weighted by Gasteiger charge is -2.21. The maximum atomic E-state index is 13.8. The van der Waals surface area contributed by atoms with Crippen molar-refractivity contribution in [1.29, 1.82) is 0 Å². The van der Waals surface area contributed by atoms with Crippen LogP contribution in [-0.2, 0) is 5.41 Å². The van der Waals surface area contributed by atoms with Crippen molar-refractivity contribution in [2.24, 2.45) is 0 Å². The summed E-state index contributed by atoms with van der Waals surface area (Å²) in [5.41, 5.74) is 1.17. The molecule has 1 nitrogen and oxygen atoms in total. The van der Waals surface area contributed by atoms with Gasteiger partial charge < -0.3 is 0 Å². The molecule has 16 heavy (non-hydrogen) atoms. The van der Waals surface area contributed by atoms with Crippen LogP contribution in [0.5, 0.6) is 0 Å². The maximum Gasteiger partial charge on any atom is 0.145 e. The predicted octanol–water partition coefficient (Wildman–Crippen LogP) is 4.32. The van der Waals surface area contributed by atoms with E-state index in [2.05, 4.69) is 4.98 Å². The maximum absolute atomic E-state index is 13.8. The molecule has 0 radical (unpaired) electrons. The summed E-state index contributed by atoms with van der Waals surface area (Å²) in [7, 11) is 0. The summed E-state index contributed by atoms with van der Waals surface area (Å²) in [5.74, 6) is -0.262. The Kier molecular flexibility index (Phi) is 2.62. The Hall–Kier alpha value is -1.15. The topological polar surface area (TPSA) is 12.9 Å². The molecule has 2 rings (SSSR count). The Morgan fingerprint density at radius 2 is 1.94 bits per heavy atom. The second-order valence-electron chi connectivity index (χ2n) is 4.89. The molecule has 0 bridgehead atoms. The first-order valence-electron chi connectivity index (χ1n) is 5.14. The zero-order valence-corrected chi connectivity index (χ0v) is 10.3. The lowest BCUT2D eigenvalue weighted by molar-refractivity contribution is 0.525. The van der Waals surface area contributed by atoms with Gasteiger partial charge in [-0.2, -0.15) is 0 Å². The molecular formula is C13H13ClFN. The Morgan fingerprint density at radius 3 is 2.56 bits per heavy atom. The largest absolute Gasteiger partial charge is 0.253 e. The van der Waals surface area contributed by atoms with Crippen LogP contribution in [0.4, 0.5) is 4.39 Å². The van der Waals surface area contributed by atoms with Crippen LogP contribution in [0.1, 0.15) is 26.3 Å². The van der Waals surface area contributed by atoms with Crippen molar-refractivity contribution < 1.29 is 4.39 Å². The number of hydrogen-bond acceptors (Lipinski definition) is 1. The molecule has 84 valence electrons. The molecule has 0 spiro atoms. The summed E-state index contributed by atoms with van der Waals surface area (Å²) in [6.45, 7) is 5.96. The summed E-state index contributed by atoms with van der Waals surface area (Å²) < 4.78 is 13.8. The molecule has 0 saturated heterocycles. The van der Waals surface area contributed by atoms with Gasteiger partial charge in [0, 0.05) is 16.0 Å². The van der Waals surface area contributed by atoms with Crippen LogP contribution in [0.15, 0.2) is 24.4 Å². The van der Waals surface area contributed by atoms with E-state index in [0.29, 0.717) is 10.6 Å². The second kappa shape index (κ2) is 3.70. The van der Waals surface area contributed by atoms with Crippen LogP contribution >= 0.6 is 11.6 Å². The summed E-state index contributed by atoms with van der Waals surface area (Å²) >= 11 is 5.89. The molecule has 0 aliphatic carbocycles. The van der Waals surface area contributed by atoms with Crippen molar-refractivity contribution in [1.82, 2.24) is 4.98 Å². The van der Waals surface area contributed by atoms with Crippen molar-refractivity contribution in [3.63, 3.8) is 0 Å². The molecule has 1 aromatic carbocycles. The van der Waals surface area contributed by atoms with Crippen molar-refractivity contribution >= 4 is 22.5 Å². The Morgan fingerprint density at radius 1 is 1.25 bits per heavy atom. The van der Waals surface area contributed by atoms with Crippen molar-refractivity contribution in [2.75, 3.05) is 0 Å². The van der Waals surface area contributed by atoms with E-state index in [4.69, 9.17) is 11.6 Å². The fourth-order valence-electron chi connectivity index (χ4n) is 1.90. The standard InChI is InChI=1S/C13H13ClFN/c1-13(2,3)12-9-5-4-8(14)6-11(9)16-7-10(12)15/h4-7H,1-3H3. The Balaban J connectivity index is 2.85. The number of nitrogens with zero attached hydrogens (tertiary/aromatic N) is 1. The van der Waals surface area contributed by atoms with E-state index in [1.807, 2.05) is 26.8 Å². The third-order valence-electron chi connectivity index (χ3n) is 2.53. The highest BCUT2D eigenvalue weighted by atomic mass is 35.5. The lowest BCUT2D eigenvalue weighted by atomic mass is 9.84. The van der Waals surface area contributed by atoms with E-state index in [9.17, 15) is 4.39 Å². The highest BCUT2D eigenvalue weighted by Gasteiger charge is 2.21. The summed E-state index contributed by atoms with van der Waals surface area (Å²) in [5, 5.41) is 1.45. The van der Waals surface area contributed by atoms with E-state index < -0.39 is 0 Å². The summed E-state index contributed by atoms with van der Waals surface area (Å²) in [6.07, 6.45) is 1.26. The van der Waals surface area contributed by atoms with E-state index >= 15 is 0 Å². The monoisotopic (exact) mass is 237 g/mol. The lowest BCUT2D eigenvalue weighted by Crippen LogP contribution is -2.14. The fourth-order valence-corrected chi connectivity index (χ4v) is 2.07.